The maximum atomic E-state index is 12.4. The van der Waals surface area contributed by atoms with Crippen LogP contribution in [0.5, 0.6) is 0 Å². The summed E-state index contributed by atoms with van der Waals surface area (Å²) >= 11 is 0. The number of amides is 1. The van der Waals surface area contributed by atoms with Gasteiger partial charge in [-0.3, -0.25) is 14.9 Å². The lowest BCUT2D eigenvalue weighted by atomic mass is 10.00. The summed E-state index contributed by atoms with van der Waals surface area (Å²) in [5, 5.41) is 13.5. The largest absolute Gasteiger partial charge is 0.514 e. The van der Waals surface area contributed by atoms with Crippen LogP contribution in [0.4, 0.5) is 4.79 Å². The normalized spacial score (nSPS) is 15.6. The number of nitrogens with zero attached hydrogens (tertiary/aromatic N) is 1. The van der Waals surface area contributed by atoms with Gasteiger partial charge in [0.05, 0.1) is 25.4 Å². The van der Waals surface area contributed by atoms with Gasteiger partial charge in [-0.05, 0) is 42.7 Å². The van der Waals surface area contributed by atoms with E-state index in [0.717, 1.165) is 6.42 Å². The van der Waals surface area contributed by atoms with Gasteiger partial charge in [-0.25, -0.2) is 4.79 Å². The van der Waals surface area contributed by atoms with Crippen molar-refractivity contribution in [1.82, 2.24) is 5.32 Å². The molecule has 0 rings (SSSR count). The minimum Gasteiger partial charge on any atom is -0.424 e. The van der Waals surface area contributed by atoms with E-state index in [9.17, 15) is 19.7 Å². The summed E-state index contributed by atoms with van der Waals surface area (Å²) < 4.78 is 21.7. The molecule has 11 nitrogen and oxygen atoms in total. The van der Waals surface area contributed by atoms with Gasteiger partial charge in [0, 0.05) is 25.0 Å². The molecule has 11 heteroatoms. The molecule has 0 aliphatic rings. The van der Waals surface area contributed by atoms with E-state index in [-0.39, 0.29) is 42.9 Å². The fraction of sp³-hybridized carbons (Fsp3) is 0.556. The van der Waals surface area contributed by atoms with Gasteiger partial charge in [-0.2, -0.15) is 0 Å². The van der Waals surface area contributed by atoms with Crippen molar-refractivity contribution in [2.24, 2.45) is 11.7 Å². The van der Waals surface area contributed by atoms with Crippen molar-refractivity contribution in [3.8, 4) is 0 Å². The van der Waals surface area contributed by atoms with Gasteiger partial charge in [-0.1, -0.05) is 52.0 Å². The fourth-order valence-corrected chi connectivity index (χ4v) is 2.98. The second kappa shape index (κ2) is 20.7. The molecule has 0 spiro atoms. The second-order valence-corrected chi connectivity index (χ2v) is 8.38. The predicted molar refractivity (Wildman–Crippen MR) is 146 cm³/mol. The number of ether oxygens (including phenoxy) is 4. The first-order valence-electron chi connectivity index (χ1n) is 12.6. The number of carbonyl (C=O) groups is 2. The van der Waals surface area contributed by atoms with Gasteiger partial charge < -0.3 is 30.0 Å². The van der Waals surface area contributed by atoms with Crippen LogP contribution in [0.3, 0.4) is 0 Å². The standard InChI is InChI=1S/C27H43N3O8/c1-7-12-23(14-10-15-30(33)34)37-27(32)38-25(18-28)22(17-21(5)35-6)13-11-16-36-19-24(20(4)8-2)29-26(31)9-3/h7,10-14,17,20-21,24-25H,1,8-9,15-16,18-19,28H2,2-6H3,(H,29,31)/b13-11-,14-10-,22-17+,23-12+. The Balaban J connectivity index is 5.36. The zero-order valence-corrected chi connectivity index (χ0v) is 23.1. The van der Waals surface area contributed by atoms with E-state index in [2.05, 4.69) is 25.7 Å². The monoisotopic (exact) mass is 537 g/mol. The van der Waals surface area contributed by atoms with Crippen LogP contribution in [-0.4, -0.2) is 68.6 Å². The van der Waals surface area contributed by atoms with Crippen molar-refractivity contribution in [2.45, 2.75) is 58.8 Å². The maximum absolute atomic E-state index is 12.4. The Morgan fingerprint density at radius 2 is 1.89 bits per heavy atom. The highest BCUT2D eigenvalue weighted by Gasteiger charge is 2.20. The molecule has 0 aliphatic carbocycles. The molecule has 4 atom stereocenters. The Labute approximate surface area is 225 Å². The van der Waals surface area contributed by atoms with Gasteiger partial charge in [0.15, 0.2) is 0 Å². The highest BCUT2D eigenvalue weighted by Crippen LogP contribution is 2.14. The van der Waals surface area contributed by atoms with Crippen LogP contribution in [0.2, 0.25) is 0 Å². The SMILES string of the molecule is C=C/C=C(\C=C/C[N+](=O)[O-])OC(=O)OC(CN)C(/C=C\COCC(NC(=O)CC)C(C)CC)=C/C(C)OC. The lowest BCUT2D eigenvalue weighted by Crippen LogP contribution is -2.42. The van der Waals surface area contributed by atoms with Crippen LogP contribution in [0.1, 0.15) is 40.5 Å². The molecule has 0 heterocycles. The third kappa shape index (κ3) is 15.7. The number of rotatable bonds is 19. The van der Waals surface area contributed by atoms with Gasteiger partial charge in [0.2, 0.25) is 12.5 Å². The lowest BCUT2D eigenvalue weighted by Gasteiger charge is -2.24. The third-order valence-electron chi connectivity index (χ3n) is 5.46. The fourth-order valence-electron chi connectivity index (χ4n) is 2.98. The molecule has 0 bridgehead atoms. The number of nitro groups is 1. The smallest absolute Gasteiger partial charge is 0.424 e. The van der Waals surface area contributed by atoms with Crippen LogP contribution in [0, 0.1) is 16.0 Å². The Hall–Kier alpha value is -3.28. The average Bonchev–Trinajstić information content (AvgIpc) is 2.89. The number of carbonyl (C=O) groups excluding carboxylic acids is 2. The summed E-state index contributed by atoms with van der Waals surface area (Å²) in [4.78, 5) is 34.2. The lowest BCUT2D eigenvalue weighted by molar-refractivity contribution is -0.468. The number of hydrogen-bond donors (Lipinski definition) is 2. The summed E-state index contributed by atoms with van der Waals surface area (Å²) in [6.07, 6.45) is 9.58. The number of methoxy groups -OCH3 is 1. The Kier molecular flexibility index (Phi) is 19.0. The molecule has 0 fully saturated rings. The highest BCUT2D eigenvalue weighted by atomic mass is 16.7. The minimum absolute atomic E-state index is 0.0216. The zero-order valence-electron chi connectivity index (χ0n) is 23.1. The van der Waals surface area contributed by atoms with E-state index in [0.29, 0.717) is 18.6 Å². The molecule has 1 amide bonds. The number of hydrogen-bond acceptors (Lipinski definition) is 9. The average molecular weight is 538 g/mol. The first-order valence-corrected chi connectivity index (χ1v) is 12.6. The summed E-state index contributed by atoms with van der Waals surface area (Å²) in [7, 11) is 1.54. The van der Waals surface area contributed by atoms with Crippen molar-refractivity contribution in [3.05, 3.63) is 70.6 Å². The van der Waals surface area contributed by atoms with Crippen molar-refractivity contribution in [1.29, 1.82) is 0 Å². The Morgan fingerprint density at radius 1 is 1.18 bits per heavy atom. The second-order valence-electron chi connectivity index (χ2n) is 8.38. The number of allylic oxidation sites excluding steroid dienone is 3. The molecule has 3 N–H and O–H groups in total. The van der Waals surface area contributed by atoms with Crippen molar-refractivity contribution in [3.63, 3.8) is 0 Å². The maximum Gasteiger partial charge on any atom is 0.514 e. The predicted octanol–water partition coefficient (Wildman–Crippen LogP) is 3.84. The minimum atomic E-state index is -1.04. The molecule has 0 aromatic rings. The molecular weight excluding hydrogens is 494 g/mol. The van der Waals surface area contributed by atoms with Gasteiger partial charge >= 0.3 is 6.16 Å². The topological polar surface area (TPSA) is 152 Å². The van der Waals surface area contributed by atoms with Crippen molar-refractivity contribution >= 4 is 12.1 Å². The van der Waals surface area contributed by atoms with Crippen molar-refractivity contribution < 1.29 is 33.5 Å². The van der Waals surface area contributed by atoms with E-state index < -0.39 is 23.7 Å². The van der Waals surface area contributed by atoms with Crippen molar-refractivity contribution in [2.75, 3.05) is 33.4 Å². The molecule has 38 heavy (non-hydrogen) atoms. The van der Waals surface area contributed by atoms with E-state index >= 15 is 0 Å². The molecule has 0 saturated heterocycles. The molecule has 0 aromatic heterocycles. The van der Waals surface area contributed by atoms with Gasteiger partial charge in [0.25, 0.3) is 0 Å². The van der Waals surface area contributed by atoms with Crippen LogP contribution in [-0.2, 0) is 23.7 Å². The molecule has 0 saturated carbocycles. The summed E-state index contributed by atoms with van der Waals surface area (Å²) in [6, 6.07) is -0.100. The van der Waals surface area contributed by atoms with Crippen LogP contribution >= 0.6 is 0 Å². The van der Waals surface area contributed by atoms with Gasteiger partial charge in [-0.15, -0.1) is 0 Å². The molecule has 0 aliphatic heterocycles. The molecule has 0 aromatic carbocycles. The Bertz CT molecular complexity index is 866. The van der Waals surface area contributed by atoms with E-state index in [1.165, 1.54) is 24.3 Å². The van der Waals surface area contributed by atoms with Crippen LogP contribution < -0.4 is 11.1 Å². The summed E-state index contributed by atoms with van der Waals surface area (Å²) in [6.45, 7) is 11.4. The van der Waals surface area contributed by atoms with E-state index in [4.69, 9.17) is 24.7 Å². The quantitative estimate of drug-likeness (QED) is 0.0625. The van der Waals surface area contributed by atoms with E-state index in [1.54, 1.807) is 32.3 Å². The van der Waals surface area contributed by atoms with Gasteiger partial charge in [0.1, 0.15) is 11.9 Å². The third-order valence-corrected chi connectivity index (χ3v) is 5.46. The number of nitrogens with two attached hydrogens (primary N) is 1. The Morgan fingerprint density at radius 3 is 2.45 bits per heavy atom. The molecule has 4 unspecified atom stereocenters. The van der Waals surface area contributed by atoms with E-state index in [1.807, 2.05) is 6.92 Å². The summed E-state index contributed by atoms with van der Waals surface area (Å²) in [5.74, 6) is 0.249. The number of nitrogens with one attached hydrogen (secondary N) is 1. The molecular formula is C27H43N3O8. The van der Waals surface area contributed by atoms with Crippen LogP contribution in [0.25, 0.3) is 0 Å². The molecule has 0 radical (unpaired) electrons. The van der Waals surface area contributed by atoms with Crippen LogP contribution in [0.15, 0.2) is 60.4 Å². The zero-order chi connectivity index (χ0) is 28.9. The first kappa shape index (κ1) is 34.7. The summed E-state index contributed by atoms with van der Waals surface area (Å²) in [5.41, 5.74) is 6.45. The first-order chi connectivity index (χ1) is 18.1. The molecule has 214 valence electrons. The highest BCUT2D eigenvalue weighted by molar-refractivity contribution is 5.75.